The molecule has 1 saturated heterocycles. The van der Waals surface area contributed by atoms with Gasteiger partial charge in [0.2, 0.25) is 0 Å². The van der Waals surface area contributed by atoms with E-state index in [0.717, 1.165) is 0 Å². The molecule has 7 heteroatoms. The topological polar surface area (TPSA) is 76.8 Å². The molecule has 128 valence electrons. The Morgan fingerprint density at radius 1 is 1.25 bits per heavy atom. The average Bonchev–Trinajstić information content (AvgIpc) is 3.16. The Labute approximate surface area is 140 Å². The number of hydrogen-bond acceptors (Lipinski definition) is 5. The molecule has 2 heterocycles. The number of carbonyl (C=O) groups excluding carboxylic acids is 1. The summed E-state index contributed by atoms with van der Waals surface area (Å²) < 4.78 is 35.5. The van der Waals surface area contributed by atoms with E-state index in [2.05, 4.69) is 0 Å². The van der Waals surface area contributed by atoms with Gasteiger partial charge in [-0.3, -0.25) is 4.79 Å². The van der Waals surface area contributed by atoms with Gasteiger partial charge in [0.25, 0.3) is 5.91 Å². The summed E-state index contributed by atoms with van der Waals surface area (Å²) in [6.07, 6.45) is 1.22. The van der Waals surface area contributed by atoms with Crippen LogP contribution in [0.3, 0.4) is 0 Å². The first-order valence-corrected chi connectivity index (χ1v) is 9.44. The van der Waals surface area contributed by atoms with E-state index in [1.54, 1.807) is 48.4 Å². The number of furan rings is 1. The molecule has 0 spiro atoms. The van der Waals surface area contributed by atoms with Crippen LogP contribution in [0.4, 0.5) is 0 Å². The number of amides is 1. The number of ether oxygens (including phenoxy) is 1. The van der Waals surface area contributed by atoms with Crippen LogP contribution in [0.25, 0.3) is 0 Å². The summed E-state index contributed by atoms with van der Waals surface area (Å²) in [6, 6.07) is 9.91. The lowest BCUT2D eigenvalue weighted by Crippen LogP contribution is -2.42. The molecular formula is C17H19NO5S. The van der Waals surface area contributed by atoms with Crippen molar-refractivity contribution < 1.29 is 22.4 Å². The Balaban J connectivity index is 1.87. The van der Waals surface area contributed by atoms with Gasteiger partial charge in [0.1, 0.15) is 11.9 Å². The van der Waals surface area contributed by atoms with Crippen molar-refractivity contribution in [3.63, 3.8) is 0 Å². The summed E-state index contributed by atoms with van der Waals surface area (Å²) in [5.41, 5.74) is 0.208. The monoisotopic (exact) mass is 349 g/mol. The van der Waals surface area contributed by atoms with E-state index in [-0.39, 0.29) is 28.2 Å². The number of morpholine rings is 1. The van der Waals surface area contributed by atoms with E-state index in [9.17, 15) is 13.2 Å². The molecule has 0 N–H and O–H groups in total. The second-order valence-corrected chi connectivity index (χ2v) is 7.77. The Hall–Kier alpha value is -2.12. The van der Waals surface area contributed by atoms with E-state index < -0.39 is 9.84 Å². The molecule has 0 saturated carbocycles. The lowest BCUT2D eigenvalue weighted by molar-refractivity contribution is -0.0322. The third-order valence-corrected chi connectivity index (χ3v) is 5.83. The highest BCUT2D eigenvalue weighted by atomic mass is 32.2. The molecule has 0 radical (unpaired) electrons. The summed E-state index contributed by atoms with van der Waals surface area (Å²) in [4.78, 5) is 14.6. The van der Waals surface area contributed by atoms with Crippen LogP contribution in [0.2, 0.25) is 0 Å². The van der Waals surface area contributed by atoms with E-state index in [4.69, 9.17) is 9.15 Å². The smallest absolute Gasteiger partial charge is 0.255 e. The van der Waals surface area contributed by atoms with Crippen LogP contribution in [0.1, 0.15) is 29.1 Å². The van der Waals surface area contributed by atoms with Crippen LogP contribution in [0.15, 0.2) is 52.0 Å². The maximum absolute atomic E-state index is 12.9. The molecule has 0 aliphatic carbocycles. The molecule has 0 unspecified atom stereocenters. The number of hydrogen-bond donors (Lipinski definition) is 0. The molecule has 24 heavy (non-hydrogen) atoms. The van der Waals surface area contributed by atoms with Crippen molar-refractivity contribution in [2.45, 2.75) is 17.9 Å². The molecule has 1 amide bonds. The number of rotatable bonds is 4. The van der Waals surface area contributed by atoms with Crippen LogP contribution in [0.5, 0.6) is 0 Å². The zero-order valence-electron chi connectivity index (χ0n) is 13.3. The molecule has 1 fully saturated rings. The first-order chi connectivity index (χ1) is 11.5. The largest absolute Gasteiger partial charge is 0.467 e. The Bertz CT molecular complexity index is 813. The number of nitrogens with zero attached hydrogens (tertiary/aromatic N) is 1. The van der Waals surface area contributed by atoms with Gasteiger partial charge < -0.3 is 14.1 Å². The van der Waals surface area contributed by atoms with Gasteiger partial charge in [-0.25, -0.2) is 8.42 Å². The van der Waals surface area contributed by atoms with Crippen molar-refractivity contribution in [3.05, 3.63) is 54.0 Å². The molecule has 1 aromatic carbocycles. The summed E-state index contributed by atoms with van der Waals surface area (Å²) in [7, 11) is -3.47. The molecule has 1 atom stereocenters. The first-order valence-electron chi connectivity index (χ1n) is 7.79. The molecule has 6 nitrogen and oxygen atoms in total. The second kappa shape index (κ2) is 6.78. The Kier molecular flexibility index (Phi) is 4.73. The predicted octanol–water partition coefficient (Wildman–Crippen LogP) is 2.29. The lowest BCUT2D eigenvalue weighted by atomic mass is 10.1. The van der Waals surface area contributed by atoms with E-state index in [1.165, 1.54) is 6.07 Å². The standard InChI is InChI=1S/C17H19NO5S/c1-2-24(20,21)16-8-4-3-6-13(16)17(19)18-9-11-23-15(12-18)14-7-5-10-22-14/h3-8,10,15H,2,9,11-12H2,1H3/t15-/m0/s1. The van der Waals surface area contributed by atoms with E-state index in [0.29, 0.717) is 25.5 Å². The predicted molar refractivity (Wildman–Crippen MR) is 87.5 cm³/mol. The zero-order valence-corrected chi connectivity index (χ0v) is 14.2. The van der Waals surface area contributed by atoms with Crippen molar-refractivity contribution in [2.75, 3.05) is 25.4 Å². The van der Waals surface area contributed by atoms with Gasteiger partial charge in [-0.2, -0.15) is 0 Å². The average molecular weight is 349 g/mol. The molecular weight excluding hydrogens is 330 g/mol. The van der Waals surface area contributed by atoms with Gasteiger partial charge in [-0.1, -0.05) is 19.1 Å². The highest BCUT2D eigenvalue weighted by molar-refractivity contribution is 7.91. The second-order valence-electron chi connectivity index (χ2n) is 5.53. The van der Waals surface area contributed by atoms with Crippen molar-refractivity contribution >= 4 is 15.7 Å². The molecule has 3 rings (SSSR count). The van der Waals surface area contributed by atoms with Crippen LogP contribution in [-0.2, 0) is 14.6 Å². The third-order valence-electron chi connectivity index (χ3n) is 4.05. The highest BCUT2D eigenvalue weighted by Crippen LogP contribution is 2.25. The van der Waals surface area contributed by atoms with Gasteiger partial charge in [-0.15, -0.1) is 0 Å². The van der Waals surface area contributed by atoms with Crippen molar-refractivity contribution in [1.29, 1.82) is 0 Å². The maximum atomic E-state index is 12.9. The normalized spacial score (nSPS) is 18.5. The van der Waals surface area contributed by atoms with Crippen LogP contribution >= 0.6 is 0 Å². The van der Waals surface area contributed by atoms with Crippen LogP contribution in [-0.4, -0.2) is 44.7 Å². The number of carbonyl (C=O) groups is 1. The molecule has 1 aliphatic rings. The summed E-state index contributed by atoms with van der Waals surface area (Å²) >= 11 is 0. The minimum atomic E-state index is -3.47. The Morgan fingerprint density at radius 3 is 2.75 bits per heavy atom. The third kappa shape index (κ3) is 3.22. The van der Waals surface area contributed by atoms with Crippen LogP contribution < -0.4 is 0 Å². The quantitative estimate of drug-likeness (QED) is 0.846. The molecule has 1 aromatic heterocycles. The maximum Gasteiger partial charge on any atom is 0.255 e. The molecule has 0 bridgehead atoms. The van der Waals surface area contributed by atoms with Crippen molar-refractivity contribution in [1.82, 2.24) is 4.90 Å². The fourth-order valence-electron chi connectivity index (χ4n) is 2.72. The summed E-state index contributed by atoms with van der Waals surface area (Å²) in [5, 5.41) is 0. The number of sulfone groups is 1. The van der Waals surface area contributed by atoms with E-state index >= 15 is 0 Å². The minimum absolute atomic E-state index is 0.0462. The fourth-order valence-corrected chi connectivity index (χ4v) is 3.81. The van der Waals surface area contributed by atoms with Gasteiger partial charge >= 0.3 is 0 Å². The minimum Gasteiger partial charge on any atom is -0.467 e. The number of benzene rings is 1. The van der Waals surface area contributed by atoms with Crippen molar-refractivity contribution in [2.24, 2.45) is 0 Å². The molecule has 2 aromatic rings. The Morgan fingerprint density at radius 2 is 2.04 bits per heavy atom. The summed E-state index contributed by atoms with van der Waals surface area (Å²) in [5.74, 6) is 0.305. The van der Waals surface area contributed by atoms with Crippen LogP contribution in [0, 0.1) is 0 Å². The SMILES string of the molecule is CCS(=O)(=O)c1ccccc1C(=O)N1CCO[C@H](c2ccco2)C1. The van der Waals surface area contributed by atoms with Crippen molar-refractivity contribution in [3.8, 4) is 0 Å². The highest BCUT2D eigenvalue weighted by Gasteiger charge is 2.30. The van der Waals surface area contributed by atoms with Gasteiger partial charge in [-0.05, 0) is 24.3 Å². The zero-order chi connectivity index (χ0) is 17.2. The van der Waals surface area contributed by atoms with Gasteiger partial charge in [0.15, 0.2) is 9.84 Å². The van der Waals surface area contributed by atoms with Gasteiger partial charge in [0, 0.05) is 6.54 Å². The first kappa shape index (κ1) is 16.7. The molecule has 1 aliphatic heterocycles. The van der Waals surface area contributed by atoms with E-state index in [1.807, 2.05) is 0 Å². The summed E-state index contributed by atoms with van der Waals surface area (Å²) in [6.45, 7) is 2.68. The lowest BCUT2D eigenvalue weighted by Gasteiger charge is -2.32. The fraction of sp³-hybridized carbons (Fsp3) is 0.353. The van der Waals surface area contributed by atoms with Gasteiger partial charge in [0.05, 0.1) is 35.6 Å².